The molecular weight excluding hydrogens is 222 g/mol. The van der Waals surface area contributed by atoms with Gasteiger partial charge in [-0.25, -0.2) is 0 Å². The minimum absolute atomic E-state index is 0.150. The van der Waals surface area contributed by atoms with E-state index in [1.165, 1.54) is 7.11 Å². The van der Waals surface area contributed by atoms with E-state index in [-0.39, 0.29) is 12.6 Å². The Bertz CT molecular complexity index is 325. The monoisotopic (exact) mass is 241 g/mol. The number of hydrogen-bond donors (Lipinski definition) is 2. The highest BCUT2D eigenvalue weighted by atomic mass is 16.5. The molecule has 1 aromatic rings. The molecule has 2 N–H and O–H groups in total. The third-order valence-corrected chi connectivity index (χ3v) is 2.26. The molecule has 0 unspecified atom stereocenters. The zero-order valence-electron chi connectivity index (χ0n) is 10.5. The second-order valence-corrected chi connectivity index (χ2v) is 3.35. The van der Waals surface area contributed by atoms with E-state index < -0.39 is 0 Å². The van der Waals surface area contributed by atoms with E-state index in [4.69, 9.17) is 9.84 Å². The van der Waals surface area contributed by atoms with Crippen molar-refractivity contribution in [3.63, 3.8) is 0 Å². The summed E-state index contributed by atoms with van der Waals surface area (Å²) in [4.78, 5) is 14.4. The van der Waals surface area contributed by atoms with Crippen LogP contribution in [0, 0.1) is 0 Å². The van der Waals surface area contributed by atoms with E-state index in [1.807, 2.05) is 11.8 Å². The molecule has 0 spiro atoms. The lowest BCUT2D eigenvalue weighted by molar-refractivity contribution is 0.289. The number of nitrogens with zero attached hydrogens (tertiary/aromatic N) is 4. The maximum Gasteiger partial charge on any atom is 0.322 e. The summed E-state index contributed by atoms with van der Waals surface area (Å²) in [7, 11) is 3.26. The lowest BCUT2D eigenvalue weighted by atomic mass is 10.4. The molecule has 1 rings (SSSR count). The molecule has 0 aliphatic heterocycles. The Hall–Kier alpha value is -1.63. The van der Waals surface area contributed by atoms with Gasteiger partial charge >= 0.3 is 6.01 Å². The molecule has 0 aliphatic rings. The summed E-state index contributed by atoms with van der Waals surface area (Å²) in [6.07, 6.45) is 0.677. The van der Waals surface area contributed by atoms with E-state index in [0.29, 0.717) is 24.9 Å². The molecule has 17 heavy (non-hydrogen) atoms. The predicted molar refractivity (Wildman–Crippen MR) is 65.5 cm³/mol. The Kier molecular flexibility index (Phi) is 5.41. The molecule has 7 heteroatoms. The van der Waals surface area contributed by atoms with Crippen LogP contribution in [-0.4, -0.2) is 53.9 Å². The van der Waals surface area contributed by atoms with E-state index in [2.05, 4.69) is 20.3 Å². The van der Waals surface area contributed by atoms with Gasteiger partial charge in [-0.05, 0) is 13.3 Å². The van der Waals surface area contributed by atoms with Crippen molar-refractivity contribution in [2.24, 2.45) is 0 Å². The number of ether oxygens (including phenoxy) is 1. The standard InChI is InChI=1S/C10H19N5O2/c1-4-15(6-5-7-16)9-12-8(11-2)13-10(14-9)17-3/h16H,4-7H2,1-3H3,(H,11,12,13,14). The van der Waals surface area contributed by atoms with Gasteiger partial charge < -0.3 is 20.1 Å². The number of aromatic nitrogens is 3. The highest BCUT2D eigenvalue weighted by molar-refractivity contribution is 5.37. The van der Waals surface area contributed by atoms with Crippen LogP contribution in [0.15, 0.2) is 0 Å². The van der Waals surface area contributed by atoms with Gasteiger partial charge in [0.05, 0.1) is 7.11 Å². The van der Waals surface area contributed by atoms with E-state index in [0.717, 1.165) is 6.54 Å². The summed E-state index contributed by atoms with van der Waals surface area (Å²) >= 11 is 0. The van der Waals surface area contributed by atoms with Gasteiger partial charge in [0.25, 0.3) is 0 Å². The number of hydrogen-bond acceptors (Lipinski definition) is 7. The van der Waals surface area contributed by atoms with Gasteiger partial charge in [-0.1, -0.05) is 0 Å². The van der Waals surface area contributed by atoms with Crippen LogP contribution < -0.4 is 15.0 Å². The Morgan fingerprint density at radius 1 is 1.35 bits per heavy atom. The lowest BCUT2D eigenvalue weighted by Crippen LogP contribution is -2.27. The molecule has 0 saturated heterocycles. The quantitative estimate of drug-likeness (QED) is 0.702. The molecule has 7 nitrogen and oxygen atoms in total. The molecule has 0 radical (unpaired) electrons. The van der Waals surface area contributed by atoms with Crippen molar-refractivity contribution >= 4 is 11.9 Å². The molecule has 0 amide bonds. The van der Waals surface area contributed by atoms with Crippen molar-refractivity contribution in [1.82, 2.24) is 15.0 Å². The van der Waals surface area contributed by atoms with Gasteiger partial charge in [0.15, 0.2) is 0 Å². The Labute approximate surface area is 101 Å². The molecule has 0 saturated carbocycles. The van der Waals surface area contributed by atoms with Crippen molar-refractivity contribution in [2.75, 3.05) is 44.1 Å². The summed E-state index contributed by atoms with van der Waals surface area (Å²) < 4.78 is 5.02. The predicted octanol–water partition coefficient (Wildman–Crippen LogP) is 0.131. The highest BCUT2D eigenvalue weighted by Gasteiger charge is 2.11. The van der Waals surface area contributed by atoms with E-state index in [1.54, 1.807) is 7.05 Å². The average Bonchev–Trinajstić information content (AvgIpc) is 2.39. The van der Waals surface area contributed by atoms with Gasteiger partial charge in [-0.2, -0.15) is 15.0 Å². The maximum atomic E-state index is 8.84. The van der Waals surface area contributed by atoms with E-state index in [9.17, 15) is 0 Å². The van der Waals surface area contributed by atoms with Gasteiger partial charge in [0.1, 0.15) is 0 Å². The number of methoxy groups -OCH3 is 1. The zero-order chi connectivity index (χ0) is 12.7. The fourth-order valence-electron chi connectivity index (χ4n) is 1.35. The molecular formula is C10H19N5O2. The molecule has 0 fully saturated rings. The first-order valence-electron chi connectivity index (χ1n) is 5.58. The van der Waals surface area contributed by atoms with Crippen LogP contribution in [0.1, 0.15) is 13.3 Å². The zero-order valence-corrected chi connectivity index (χ0v) is 10.5. The first-order chi connectivity index (χ1) is 8.24. The van der Waals surface area contributed by atoms with Gasteiger partial charge in [0.2, 0.25) is 11.9 Å². The molecule has 1 aromatic heterocycles. The van der Waals surface area contributed by atoms with Gasteiger partial charge in [-0.15, -0.1) is 0 Å². The van der Waals surface area contributed by atoms with Crippen LogP contribution in [-0.2, 0) is 0 Å². The third kappa shape index (κ3) is 3.70. The summed E-state index contributed by atoms with van der Waals surface area (Å²) in [5.41, 5.74) is 0. The summed E-state index contributed by atoms with van der Waals surface area (Å²) in [6, 6.07) is 0.279. The fraction of sp³-hybridized carbons (Fsp3) is 0.700. The smallest absolute Gasteiger partial charge is 0.322 e. The first-order valence-corrected chi connectivity index (χ1v) is 5.58. The SMILES string of the molecule is CCN(CCCO)c1nc(NC)nc(OC)n1. The maximum absolute atomic E-state index is 8.84. The molecule has 0 aromatic carbocycles. The number of rotatable bonds is 7. The number of aliphatic hydroxyl groups excluding tert-OH is 1. The molecule has 0 bridgehead atoms. The third-order valence-electron chi connectivity index (χ3n) is 2.26. The number of aliphatic hydroxyl groups is 1. The minimum atomic E-state index is 0.150. The van der Waals surface area contributed by atoms with Crippen molar-refractivity contribution < 1.29 is 9.84 Å². The minimum Gasteiger partial charge on any atom is -0.467 e. The fourth-order valence-corrected chi connectivity index (χ4v) is 1.35. The van der Waals surface area contributed by atoms with E-state index >= 15 is 0 Å². The normalized spacial score (nSPS) is 10.1. The Balaban J connectivity index is 2.92. The van der Waals surface area contributed by atoms with Gasteiger partial charge in [-0.3, -0.25) is 0 Å². The van der Waals surface area contributed by atoms with Crippen LogP contribution in [0.25, 0.3) is 0 Å². The van der Waals surface area contributed by atoms with Crippen LogP contribution in [0.2, 0.25) is 0 Å². The largest absolute Gasteiger partial charge is 0.467 e. The second kappa shape index (κ2) is 6.85. The van der Waals surface area contributed by atoms with Crippen molar-refractivity contribution in [1.29, 1.82) is 0 Å². The summed E-state index contributed by atoms with van der Waals surface area (Å²) in [6.45, 7) is 3.62. The van der Waals surface area contributed by atoms with Crippen molar-refractivity contribution in [3.05, 3.63) is 0 Å². The van der Waals surface area contributed by atoms with Crippen LogP contribution in [0.4, 0.5) is 11.9 Å². The van der Waals surface area contributed by atoms with Crippen molar-refractivity contribution in [3.8, 4) is 6.01 Å². The topological polar surface area (TPSA) is 83.4 Å². The lowest BCUT2D eigenvalue weighted by Gasteiger charge is -2.20. The van der Waals surface area contributed by atoms with Crippen LogP contribution >= 0.6 is 0 Å². The van der Waals surface area contributed by atoms with Gasteiger partial charge in [0, 0.05) is 26.7 Å². The van der Waals surface area contributed by atoms with Crippen LogP contribution in [0.5, 0.6) is 6.01 Å². The molecule has 1 heterocycles. The first kappa shape index (κ1) is 13.4. The summed E-state index contributed by atoms with van der Waals surface area (Å²) in [5.74, 6) is 1.02. The molecule has 0 aliphatic carbocycles. The summed E-state index contributed by atoms with van der Waals surface area (Å²) in [5, 5.41) is 11.7. The second-order valence-electron chi connectivity index (χ2n) is 3.35. The Morgan fingerprint density at radius 2 is 2.12 bits per heavy atom. The Morgan fingerprint density at radius 3 is 2.65 bits per heavy atom. The number of nitrogens with one attached hydrogen (secondary N) is 1. The molecule has 96 valence electrons. The number of anilines is 2. The molecule has 0 atom stereocenters. The average molecular weight is 241 g/mol. The van der Waals surface area contributed by atoms with Crippen molar-refractivity contribution in [2.45, 2.75) is 13.3 Å². The van der Waals surface area contributed by atoms with Crippen LogP contribution in [0.3, 0.4) is 0 Å². The highest BCUT2D eigenvalue weighted by Crippen LogP contribution is 2.14.